The highest BCUT2D eigenvalue weighted by Gasteiger charge is 2.11. The van der Waals surface area contributed by atoms with Gasteiger partial charge in [-0.1, -0.05) is 24.3 Å². The summed E-state index contributed by atoms with van der Waals surface area (Å²) in [7, 11) is 1.34. The summed E-state index contributed by atoms with van der Waals surface area (Å²) in [5, 5.41) is 0. The molecule has 0 unspecified atom stereocenters. The van der Waals surface area contributed by atoms with E-state index in [2.05, 4.69) is 0 Å². The molecule has 0 heterocycles. The molecule has 0 aliphatic rings. The highest BCUT2D eigenvalue weighted by molar-refractivity contribution is 5.95. The molecule has 0 radical (unpaired) electrons. The predicted octanol–water partition coefficient (Wildman–Crippen LogP) is 2.23. The van der Waals surface area contributed by atoms with E-state index in [1.165, 1.54) is 7.11 Å². The van der Waals surface area contributed by atoms with Crippen molar-refractivity contribution in [2.45, 2.75) is 6.42 Å². The molecule has 2 rings (SSSR count). The number of carbonyl (C=O) groups is 1. The van der Waals surface area contributed by atoms with E-state index in [-0.39, 0.29) is 0 Å². The van der Waals surface area contributed by atoms with E-state index in [0.29, 0.717) is 17.7 Å². The molecular formula is C15H16N2O2. The molecule has 4 heteroatoms. The molecule has 0 aliphatic carbocycles. The van der Waals surface area contributed by atoms with Crippen LogP contribution >= 0.6 is 0 Å². The summed E-state index contributed by atoms with van der Waals surface area (Å²) in [4.78, 5) is 11.6. The van der Waals surface area contributed by atoms with Crippen molar-refractivity contribution in [2.75, 3.05) is 18.6 Å². The van der Waals surface area contributed by atoms with E-state index in [1.54, 1.807) is 12.1 Å². The average molecular weight is 256 g/mol. The SMILES string of the molecule is COC(=O)c1cc(Cc2ccccc2N)ccc1N. The fourth-order valence-electron chi connectivity index (χ4n) is 1.92. The van der Waals surface area contributed by atoms with Crippen molar-refractivity contribution < 1.29 is 9.53 Å². The Morgan fingerprint density at radius 1 is 1.11 bits per heavy atom. The molecule has 0 atom stereocenters. The summed E-state index contributed by atoms with van der Waals surface area (Å²) in [6.45, 7) is 0. The second-order valence-electron chi connectivity index (χ2n) is 4.29. The predicted molar refractivity (Wildman–Crippen MR) is 75.9 cm³/mol. The van der Waals surface area contributed by atoms with Crippen LogP contribution in [0, 0.1) is 0 Å². The second-order valence-corrected chi connectivity index (χ2v) is 4.29. The van der Waals surface area contributed by atoms with Crippen LogP contribution < -0.4 is 11.5 Å². The Balaban J connectivity index is 2.32. The summed E-state index contributed by atoms with van der Waals surface area (Å²) >= 11 is 0. The number of methoxy groups -OCH3 is 1. The topological polar surface area (TPSA) is 78.3 Å². The summed E-state index contributed by atoms with van der Waals surface area (Å²) in [5.74, 6) is -0.430. The summed E-state index contributed by atoms with van der Waals surface area (Å²) in [6, 6.07) is 13.0. The van der Waals surface area contributed by atoms with Crippen molar-refractivity contribution in [3.63, 3.8) is 0 Å². The smallest absolute Gasteiger partial charge is 0.339 e. The number of nitrogen functional groups attached to an aromatic ring is 2. The number of carbonyl (C=O) groups excluding carboxylic acids is 1. The second kappa shape index (κ2) is 5.44. The Morgan fingerprint density at radius 3 is 2.53 bits per heavy atom. The van der Waals surface area contributed by atoms with E-state index in [1.807, 2.05) is 30.3 Å². The number of esters is 1. The molecule has 4 N–H and O–H groups in total. The molecule has 4 nitrogen and oxygen atoms in total. The van der Waals surface area contributed by atoms with Gasteiger partial charge in [0.2, 0.25) is 0 Å². The van der Waals surface area contributed by atoms with Crippen molar-refractivity contribution in [3.05, 3.63) is 59.2 Å². The first kappa shape index (κ1) is 13.0. The van der Waals surface area contributed by atoms with Crippen molar-refractivity contribution in [2.24, 2.45) is 0 Å². The Hall–Kier alpha value is -2.49. The number of ether oxygens (including phenoxy) is 1. The molecular weight excluding hydrogens is 240 g/mol. The van der Waals surface area contributed by atoms with Gasteiger partial charge in [-0.05, 0) is 35.7 Å². The zero-order valence-electron chi connectivity index (χ0n) is 10.7. The van der Waals surface area contributed by atoms with E-state index >= 15 is 0 Å². The van der Waals surface area contributed by atoms with Gasteiger partial charge in [0, 0.05) is 11.4 Å². The fraction of sp³-hybridized carbons (Fsp3) is 0.133. The maximum Gasteiger partial charge on any atom is 0.339 e. The van der Waals surface area contributed by atoms with Gasteiger partial charge in [-0.3, -0.25) is 0 Å². The molecule has 0 saturated carbocycles. The third-order valence-electron chi connectivity index (χ3n) is 2.97. The van der Waals surface area contributed by atoms with Gasteiger partial charge in [0.25, 0.3) is 0 Å². The lowest BCUT2D eigenvalue weighted by molar-refractivity contribution is 0.0602. The molecule has 0 bridgehead atoms. The Bertz CT molecular complexity index is 609. The monoisotopic (exact) mass is 256 g/mol. The van der Waals surface area contributed by atoms with Gasteiger partial charge in [0.1, 0.15) is 0 Å². The van der Waals surface area contributed by atoms with Gasteiger partial charge in [0.05, 0.1) is 12.7 Å². The minimum atomic E-state index is -0.430. The fourth-order valence-corrected chi connectivity index (χ4v) is 1.92. The molecule has 0 aliphatic heterocycles. The molecule has 0 spiro atoms. The number of nitrogens with two attached hydrogens (primary N) is 2. The number of benzene rings is 2. The van der Waals surface area contributed by atoms with E-state index in [0.717, 1.165) is 16.8 Å². The van der Waals surface area contributed by atoms with Crippen LogP contribution in [0.15, 0.2) is 42.5 Å². The molecule has 0 amide bonds. The normalized spacial score (nSPS) is 10.2. The van der Waals surface area contributed by atoms with Crippen LogP contribution in [0.4, 0.5) is 11.4 Å². The van der Waals surface area contributed by atoms with Crippen molar-refractivity contribution in [1.29, 1.82) is 0 Å². The lowest BCUT2D eigenvalue weighted by Crippen LogP contribution is -2.06. The lowest BCUT2D eigenvalue weighted by Gasteiger charge is -2.09. The van der Waals surface area contributed by atoms with E-state index in [9.17, 15) is 4.79 Å². The maximum absolute atomic E-state index is 11.6. The van der Waals surface area contributed by atoms with E-state index in [4.69, 9.17) is 16.2 Å². The molecule has 0 aromatic heterocycles. The number of anilines is 2. The molecule has 0 fully saturated rings. The van der Waals surface area contributed by atoms with Crippen LogP contribution in [0.25, 0.3) is 0 Å². The first-order valence-electron chi connectivity index (χ1n) is 5.92. The molecule has 2 aromatic rings. The van der Waals surface area contributed by atoms with E-state index < -0.39 is 5.97 Å². The number of hydrogen-bond acceptors (Lipinski definition) is 4. The summed E-state index contributed by atoms with van der Waals surface area (Å²) < 4.78 is 4.70. The Labute approximate surface area is 112 Å². The van der Waals surface area contributed by atoms with Crippen LogP contribution in [0.2, 0.25) is 0 Å². The largest absolute Gasteiger partial charge is 0.465 e. The van der Waals surface area contributed by atoms with Crippen LogP contribution in [-0.2, 0) is 11.2 Å². The minimum Gasteiger partial charge on any atom is -0.465 e. The van der Waals surface area contributed by atoms with Crippen molar-refractivity contribution >= 4 is 17.3 Å². The zero-order chi connectivity index (χ0) is 13.8. The Morgan fingerprint density at radius 2 is 1.84 bits per heavy atom. The zero-order valence-corrected chi connectivity index (χ0v) is 10.7. The average Bonchev–Trinajstić information content (AvgIpc) is 2.42. The van der Waals surface area contributed by atoms with Crippen molar-refractivity contribution in [1.82, 2.24) is 0 Å². The molecule has 19 heavy (non-hydrogen) atoms. The summed E-state index contributed by atoms with van der Waals surface area (Å²) in [6.07, 6.45) is 0.650. The minimum absolute atomic E-state index is 0.384. The van der Waals surface area contributed by atoms with Crippen LogP contribution in [0.5, 0.6) is 0 Å². The summed E-state index contributed by atoms with van der Waals surface area (Å²) in [5.41, 5.74) is 15.2. The van der Waals surface area contributed by atoms with Gasteiger partial charge in [-0.25, -0.2) is 4.79 Å². The lowest BCUT2D eigenvalue weighted by atomic mass is 10.0. The number of para-hydroxylation sites is 1. The van der Waals surface area contributed by atoms with Crippen LogP contribution in [0.3, 0.4) is 0 Å². The van der Waals surface area contributed by atoms with Gasteiger partial charge in [0.15, 0.2) is 0 Å². The third kappa shape index (κ3) is 2.85. The van der Waals surface area contributed by atoms with Gasteiger partial charge in [-0.15, -0.1) is 0 Å². The molecule has 98 valence electrons. The third-order valence-corrected chi connectivity index (χ3v) is 2.97. The van der Waals surface area contributed by atoms with Gasteiger partial charge < -0.3 is 16.2 Å². The molecule has 0 saturated heterocycles. The molecule has 2 aromatic carbocycles. The van der Waals surface area contributed by atoms with Crippen LogP contribution in [0.1, 0.15) is 21.5 Å². The first-order chi connectivity index (χ1) is 9.11. The van der Waals surface area contributed by atoms with Crippen LogP contribution in [-0.4, -0.2) is 13.1 Å². The van der Waals surface area contributed by atoms with Crippen molar-refractivity contribution in [3.8, 4) is 0 Å². The van der Waals surface area contributed by atoms with Gasteiger partial charge in [-0.2, -0.15) is 0 Å². The maximum atomic E-state index is 11.6. The number of rotatable bonds is 3. The van der Waals surface area contributed by atoms with Gasteiger partial charge >= 0.3 is 5.97 Å². The highest BCUT2D eigenvalue weighted by Crippen LogP contribution is 2.20. The number of hydrogen-bond donors (Lipinski definition) is 2. The quantitative estimate of drug-likeness (QED) is 0.652. The standard InChI is InChI=1S/C15H16N2O2/c1-19-15(18)12-9-10(6-7-14(12)17)8-11-4-2-3-5-13(11)16/h2-7,9H,8,16-17H2,1H3. The Kier molecular flexibility index (Phi) is 3.71. The first-order valence-corrected chi connectivity index (χ1v) is 5.92. The highest BCUT2D eigenvalue weighted by atomic mass is 16.5.